The molecule has 150 valence electrons. The number of rotatable bonds is 6. The summed E-state index contributed by atoms with van der Waals surface area (Å²) in [5.41, 5.74) is 1.44. The zero-order valence-corrected chi connectivity index (χ0v) is 16.8. The van der Waals surface area contributed by atoms with Crippen molar-refractivity contribution in [2.45, 2.75) is 49.8 Å². The van der Waals surface area contributed by atoms with E-state index in [0.717, 1.165) is 35.1 Å². The maximum Gasteiger partial charge on any atom is 0.419 e. The van der Waals surface area contributed by atoms with Gasteiger partial charge in [-0.3, -0.25) is 9.13 Å². The molecule has 0 spiro atoms. The molecule has 1 saturated carbocycles. The van der Waals surface area contributed by atoms with Crippen molar-refractivity contribution < 1.29 is 8.83 Å². The number of aryl methyl sites for hydroxylation is 1. The average Bonchev–Trinajstić information content (AvgIpc) is 3.48. The molecule has 5 rings (SSSR count). The van der Waals surface area contributed by atoms with Crippen LogP contribution in [0, 0.1) is 0 Å². The molecule has 8 heteroatoms. The molecule has 1 aliphatic rings. The van der Waals surface area contributed by atoms with Gasteiger partial charge in [-0.1, -0.05) is 43.2 Å². The number of oxazole rings is 1. The van der Waals surface area contributed by atoms with Crippen LogP contribution in [0.4, 0.5) is 0 Å². The molecule has 4 aromatic rings. The smallest absolute Gasteiger partial charge is 0.419 e. The number of hydrogen-bond acceptors (Lipinski definition) is 6. The van der Waals surface area contributed by atoms with Gasteiger partial charge in [0.05, 0.1) is 11.8 Å². The Morgan fingerprint density at radius 3 is 2.76 bits per heavy atom. The Bertz CT molecular complexity index is 1150. The second kappa shape index (κ2) is 7.94. The zero-order chi connectivity index (χ0) is 19.6. The Kier molecular flexibility index (Phi) is 5.01. The fourth-order valence-electron chi connectivity index (χ4n) is 4.07. The molecule has 0 aliphatic heterocycles. The minimum atomic E-state index is -0.322. The molecule has 0 saturated heterocycles. The van der Waals surface area contributed by atoms with Gasteiger partial charge in [-0.2, -0.15) is 0 Å². The highest BCUT2D eigenvalue weighted by atomic mass is 32.2. The highest BCUT2D eigenvalue weighted by Crippen LogP contribution is 2.35. The van der Waals surface area contributed by atoms with Crippen LogP contribution in [0.2, 0.25) is 0 Å². The molecule has 29 heavy (non-hydrogen) atoms. The molecule has 1 aromatic carbocycles. The largest absolute Gasteiger partial charge is 0.461 e. The van der Waals surface area contributed by atoms with Crippen molar-refractivity contribution >= 4 is 22.9 Å². The van der Waals surface area contributed by atoms with Crippen molar-refractivity contribution in [1.82, 2.24) is 19.3 Å². The predicted molar refractivity (Wildman–Crippen MR) is 111 cm³/mol. The van der Waals surface area contributed by atoms with Crippen LogP contribution >= 0.6 is 11.8 Å². The lowest BCUT2D eigenvalue weighted by Gasteiger charge is -2.25. The summed E-state index contributed by atoms with van der Waals surface area (Å²) >= 11 is 1.62. The fourth-order valence-corrected chi connectivity index (χ4v) is 5.00. The van der Waals surface area contributed by atoms with Crippen molar-refractivity contribution in [2.75, 3.05) is 5.75 Å². The first kappa shape index (κ1) is 18.3. The number of fused-ring (bicyclic) bond motifs is 1. The molecule has 0 radical (unpaired) electrons. The van der Waals surface area contributed by atoms with Gasteiger partial charge in [0, 0.05) is 18.3 Å². The molecule has 3 heterocycles. The summed E-state index contributed by atoms with van der Waals surface area (Å²) in [6.45, 7) is 0.550. The number of nitrogens with zero attached hydrogens (tertiary/aromatic N) is 4. The van der Waals surface area contributed by atoms with E-state index in [1.54, 1.807) is 22.6 Å². The first-order valence-electron chi connectivity index (χ1n) is 10.0. The topological polar surface area (TPSA) is 79.0 Å². The van der Waals surface area contributed by atoms with Crippen LogP contribution in [-0.2, 0) is 6.54 Å². The van der Waals surface area contributed by atoms with Gasteiger partial charge in [0.2, 0.25) is 5.82 Å². The van der Waals surface area contributed by atoms with Crippen LogP contribution < -0.4 is 5.76 Å². The molecule has 3 aromatic heterocycles. The van der Waals surface area contributed by atoms with Crippen LogP contribution in [0.3, 0.4) is 0 Å². The van der Waals surface area contributed by atoms with Gasteiger partial charge in [0.1, 0.15) is 0 Å². The van der Waals surface area contributed by atoms with Crippen molar-refractivity contribution in [2.24, 2.45) is 0 Å². The Balaban J connectivity index is 1.39. The van der Waals surface area contributed by atoms with E-state index in [2.05, 4.69) is 14.8 Å². The summed E-state index contributed by atoms with van der Waals surface area (Å²) in [5, 5.41) is 9.76. The van der Waals surface area contributed by atoms with E-state index in [9.17, 15) is 4.79 Å². The Hall–Kier alpha value is -2.74. The van der Waals surface area contributed by atoms with Crippen LogP contribution in [0.15, 0.2) is 61.4 Å². The van der Waals surface area contributed by atoms with Gasteiger partial charge in [-0.15, -0.1) is 10.2 Å². The van der Waals surface area contributed by atoms with Crippen LogP contribution in [0.1, 0.15) is 38.1 Å². The lowest BCUT2D eigenvalue weighted by Crippen LogP contribution is -2.17. The van der Waals surface area contributed by atoms with E-state index in [1.807, 2.05) is 36.4 Å². The minimum Gasteiger partial charge on any atom is -0.461 e. The highest BCUT2D eigenvalue weighted by Gasteiger charge is 2.25. The van der Waals surface area contributed by atoms with Crippen LogP contribution in [-0.4, -0.2) is 25.1 Å². The highest BCUT2D eigenvalue weighted by molar-refractivity contribution is 7.99. The van der Waals surface area contributed by atoms with E-state index < -0.39 is 0 Å². The number of hydrogen-bond donors (Lipinski definition) is 0. The molecule has 1 aliphatic carbocycles. The van der Waals surface area contributed by atoms with Crippen LogP contribution in [0.5, 0.6) is 0 Å². The van der Waals surface area contributed by atoms with E-state index in [-0.39, 0.29) is 5.76 Å². The maximum absolute atomic E-state index is 12.2. The van der Waals surface area contributed by atoms with Crippen molar-refractivity contribution in [3.8, 4) is 11.6 Å². The Morgan fingerprint density at radius 2 is 1.93 bits per heavy atom. The van der Waals surface area contributed by atoms with Crippen molar-refractivity contribution in [3.63, 3.8) is 0 Å². The summed E-state index contributed by atoms with van der Waals surface area (Å²) in [5.74, 6) is 1.91. The van der Waals surface area contributed by atoms with Gasteiger partial charge < -0.3 is 8.83 Å². The molecule has 1 fully saturated rings. The van der Waals surface area contributed by atoms with Gasteiger partial charge in [-0.25, -0.2) is 4.79 Å². The molecule has 0 atom stereocenters. The summed E-state index contributed by atoms with van der Waals surface area (Å²) in [7, 11) is 0. The van der Waals surface area contributed by atoms with Crippen molar-refractivity contribution in [1.29, 1.82) is 0 Å². The number of aromatic nitrogens is 4. The molecule has 7 nitrogen and oxygen atoms in total. The summed E-state index contributed by atoms with van der Waals surface area (Å²) in [4.78, 5) is 12.2. The lowest BCUT2D eigenvalue weighted by molar-refractivity contribution is 0.337. The third kappa shape index (κ3) is 3.53. The second-order valence-corrected chi connectivity index (χ2v) is 8.34. The quantitative estimate of drug-likeness (QED) is 0.427. The average molecular weight is 410 g/mol. The standard InChI is InChI=1S/C21H22N4O3S/c26-21-24(16-9-4-5-10-17(16)28-21)12-14-29-20-23-22-19(18-11-6-13-27-18)25(20)15-7-2-1-3-8-15/h4-6,9-11,13,15H,1-3,7-8,12,14H2. The third-order valence-electron chi connectivity index (χ3n) is 5.47. The van der Waals surface area contributed by atoms with E-state index in [0.29, 0.717) is 23.9 Å². The normalized spacial score (nSPS) is 15.3. The predicted octanol–water partition coefficient (Wildman–Crippen LogP) is 4.74. The second-order valence-electron chi connectivity index (χ2n) is 7.28. The summed E-state index contributed by atoms with van der Waals surface area (Å²) < 4.78 is 14.8. The molecular formula is C21H22N4O3S. The summed E-state index contributed by atoms with van der Waals surface area (Å²) in [6.07, 6.45) is 7.66. The third-order valence-corrected chi connectivity index (χ3v) is 6.39. The molecule has 0 bridgehead atoms. The molecular weight excluding hydrogens is 388 g/mol. The summed E-state index contributed by atoms with van der Waals surface area (Å²) in [6, 6.07) is 11.7. The maximum atomic E-state index is 12.2. The Morgan fingerprint density at radius 1 is 1.07 bits per heavy atom. The Labute approximate surface area is 171 Å². The molecule has 0 N–H and O–H groups in total. The number of para-hydroxylation sites is 2. The lowest BCUT2D eigenvalue weighted by atomic mass is 9.95. The number of benzene rings is 1. The number of thioether (sulfide) groups is 1. The van der Waals surface area contributed by atoms with Gasteiger partial charge in [-0.05, 0) is 37.1 Å². The van der Waals surface area contributed by atoms with E-state index >= 15 is 0 Å². The van der Waals surface area contributed by atoms with Gasteiger partial charge in [0.15, 0.2) is 16.5 Å². The molecule has 0 unspecified atom stereocenters. The first-order valence-corrected chi connectivity index (χ1v) is 11.0. The first-order chi connectivity index (χ1) is 14.3. The van der Waals surface area contributed by atoms with Gasteiger partial charge in [0.25, 0.3) is 0 Å². The van der Waals surface area contributed by atoms with Gasteiger partial charge >= 0.3 is 5.76 Å². The zero-order valence-electron chi connectivity index (χ0n) is 16.0. The fraction of sp³-hybridized carbons (Fsp3) is 0.381. The monoisotopic (exact) mass is 410 g/mol. The molecule has 0 amide bonds. The number of furan rings is 1. The minimum absolute atomic E-state index is 0.322. The SMILES string of the molecule is O=c1oc2ccccc2n1CCSc1nnc(-c2ccco2)n1C1CCCCC1. The van der Waals surface area contributed by atoms with Crippen molar-refractivity contribution in [3.05, 3.63) is 53.2 Å². The van der Waals surface area contributed by atoms with E-state index in [4.69, 9.17) is 8.83 Å². The van der Waals surface area contributed by atoms with E-state index in [1.165, 1.54) is 19.3 Å². The van der Waals surface area contributed by atoms with Crippen LogP contribution in [0.25, 0.3) is 22.7 Å².